The molecule has 0 N–H and O–H groups in total. The molecule has 6 heteroatoms. The van der Waals surface area contributed by atoms with Crippen molar-refractivity contribution >= 4 is 67.6 Å². The molecule has 0 saturated heterocycles. The van der Waals surface area contributed by atoms with E-state index >= 15 is 0 Å². The van der Waals surface area contributed by atoms with Crippen molar-refractivity contribution in [3.8, 4) is 33.6 Å². The predicted molar refractivity (Wildman–Crippen MR) is 241 cm³/mol. The number of rotatable bonds is 4. The Kier molecular flexibility index (Phi) is 10.3. The molecule has 0 aliphatic carbocycles. The Morgan fingerprint density at radius 2 is 1.48 bits per heavy atom. The summed E-state index contributed by atoms with van der Waals surface area (Å²) in [4.78, 5) is 13.3. The largest absolute Gasteiger partial charge is 0.501 e. The molecule has 0 unspecified atom stereocenters. The van der Waals surface area contributed by atoms with E-state index in [0.29, 0.717) is 5.92 Å². The Bertz CT molecular complexity index is 3100. The molecule has 287 valence electrons. The maximum absolute atomic E-state index is 7.75. The summed E-state index contributed by atoms with van der Waals surface area (Å²) in [5, 5.41) is 9.72. The van der Waals surface area contributed by atoms with Crippen LogP contribution >= 0.6 is 0 Å². The van der Waals surface area contributed by atoms with Gasteiger partial charge in [-0.15, -0.1) is 52.6 Å². The fraction of sp³-hybridized carbons (Fsp3) is 0.173. The molecule has 1 aliphatic heterocycles. The number of nitrogens with zero attached hydrogens (tertiary/aromatic N) is 3. The van der Waals surface area contributed by atoms with Gasteiger partial charge in [-0.25, -0.2) is 4.85 Å². The maximum atomic E-state index is 7.75. The predicted octanol–water partition coefficient (Wildman–Crippen LogP) is 12.8. The summed E-state index contributed by atoms with van der Waals surface area (Å²) in [7, 11) is -2.01. The molecule has 1 aliphatic rings. The van der Waals surface area contributed by atoms with Crippen LogP contribution in [0.4, 0.5) is 5.69 Å². The van der Waals surface area contributed by atoms with E-state index in [9.17, 15) is 0 Å². The van der Waals surface area contributed by atoms with Gasteiger partial charge < -0.3 is 14.4 Å². The summed E-state index contributed by atoms with van der Waals surface area (Å²) in [5.74, 6) is 0.673. The van der Waals surface area contributed by atoms with E-state index in [1.165, 1.54) is 43.2 Å². The summed E-state index contributed by atoms with van der Waals surface area (Å²) in [5.41, 5.74) is 13.5. The molecule has 4 nitrogen and oxygen atoms in total. The van der Waals surface area contributed by atoms with Gasteiger partial charge in [0.25, 0.3) is 0 Å². The van der Waals surface area contributed by atoms with Gasteiger partial charge in [-0.2, -0.15) is 0 Å². The first-order valence-corrected chi connectivity index (χ1v) is 22.7. The van der Waals surface area contributed by atoms with E-state index < -0.39 is 8.07 Å². The van der Waals surface area contributed by atoms with Crippen LogP contribution in [0.25, 0.3) is 82.0 Å². The molecule has 0 fully saturated rings. The first-order valence-electron chi connectivity index (χ1n) is 19.7. The minimum absolute atomic E-state index is 0. The summed E-state index contributed by atoms with van der Waals surface area (Å²) in [6.45, 7) is 23.3. The third kappa shape index (κ3) is 6.68. The normalized spacial score (nSPS) is 12.6. The van der Waals surface area contributed by atoms with E-state index in [2.05, 4.69) is 142 Å². The van der Waals surface area contributed by atoms with Crippen LogP contribution in [0, 0.1) is 45.4 Å². The minimum Gasteiger partial charge on any atom is -0.501 e. The standard InChI is InChI=1S/C31H21N2OSi.C21H22N.Ir/c1-18-16-23-19-8-5-6-10-26(19)34-30(23)24(17-18)29-20-12-13-22-28-25(32-2)9-7-11-27(28)35(3,4)31(22)21(20)14-15-33-29;1-14(2)9-17-5-6-20-18(13-17)7-8-22-21(20)19-11-15(3)10-16(4)12-19;/h5-16H,1,3-4H3;5-8,10-11,13-14H,9H2,1-4H3;/q2*-1;. The molecule has 1 radical (unpaired) electrons. The topological polar surface area (TPSA) is 43.3 Å². The van der Waals surface area contributed by atoms with Gasteiger partial charge in [0.15, 0.2) is 5.69 Å². The zero-order chi connectivity index (χ0) is 39.6. The Morgan fingerprint density at radius 3 is 2.28 bits per heavy atom. The van der Waals surface area contributed by atoms with Crippen LogP contribution in [0.2, 0.25) is 13.1 Å². The maximum Gasteiger partial charge on any atom is 0.194 e. The van der Waals surface area contributed by atoms with Crippen LogP contribution in [0.5, 0.6) is 0 Å². The zero-order valence-electron chi connectivity index (χ0n) is 33.8. The molecule has 3 aromatic heterocycles. The van der Waals surface area contributed by atoms with Gasteiger partial charge in [0, 0.05) is 37.9 Å². The van der Waals surface area contributed by atoms with Gasteiger partial charge in [0.05, 0.1) is 12.2 Å². The average Bonchev–Trinajstić information content (AvgIpc) is 3.68. The molecule has 10 rings (SSSR count). The number of hydrogen-bond donors (Lipinski definition) is 0. The summed E-state index contributed by atoms with van der Waals surface area (Å²) >= 11 is 0. The van der Waals surface area contributed by atoms with Crippen molar-refractivity contribution in [1.29, 1.82) is 0 Å². The van der Waals surface area contributed by atoms with E-state index in [4.69, 9.17) is 16.0 Å². The van der Waals surface area contributed by atoms with Crippen molar-refractivity contribution in [2.75, 3.05) is 0 Å². The first kappa shape index (κ1) is 39.1. The summed E-state index contributed by atoms with van der Waals surface area (Å²) in [6.07, 6.45) is 4.93. The van der Waals surface area contributed by atoms with Gasteiger partial charge >= 0.3 is 0 Å². The van der Waals surface area contributed by atoms with Crippen molar-refractivity contribution in [3.05, 3.63) is 161 Å². The Balaban J connectivity index is 0.000000177. The second-order valence-corrected chi connectivity index (χ2v) is 20.7. The van der Waals surface area contributed by atoms with Crippen LogP contribution in [0.3, 0.4) is 0 Å². The number of hydrogen-bond acceptors (Lipinski definition) is 3. The quantitative estimate of drug-likeness (QED) is 0.130. The fourth-order valence-corrected chi connectivity index (χ4v) is 12.5. The molecule has 0 saturated carbocycles. The molecular formula is C52H43IrN3OSi-2. The Labute approximate surface area is 355 Å². The van der Waals surface area contributed by atoms with Crippen LogP contribution in [0.15, 0.2) is 120 Å². The van der Waals surface area contributed by atoms with Gasteiger partial charge in [0.1, 0.15) is 13.7 Å². The molecule has 0 atom stereocenters. The third-order valence-corrected chi connectivity index (χ3v) is 14.9. The van der Waals surface area contributed by atoms with Crippen LogP contribution in [0.1, 0.15) is 36.1 Å². The third-order valence-electron chi connectivity index (χ3n) is 11.3. The zero-order valence-corrected chi connectivity index (χ0v) is 37.2. The van der Waals surface area contributed by atoms with Gasteiger partial charge in [0.2, 0.25) is 0 Å². The van der Waals surface area contributed by atoms with Crippen molar-refractivity contribution in [2.24, 2.45) is 5.92 Å². The molecular weight excluding hydrogens is 903 g/mol. The van der Waals surface area contributed by atoms with Crippen LogP contribution < -0.4 is 10.4 Å². The molecule has 58 heavy (non-hydrogen) atoms. The molecule has 0 bridgehead atoms. The van der Waals surface area contributed by atoms with Crippen LogP contribution in [-0.4, -0.2) is 18.0 Å². The number of benzene rings is 6. The number of fused-ring (bicyclic) bond motifs is 9. The summed E-state index contributed by atoms with van der Waals surface area (Å²) in [6, 6.07) is 43.2. The molecule has 9 aromatic rings. The van der Waals surface area contributed by atoms with E-state index in [1.54, 1.807) is 0 Å². The SMILES string of the molecule is Cc1[c-]c(-c2nccc3cc(CC(C)C)ccc23)cc(C)c1.[C-]#[N+]c1cccc2c1-c1ccc3c(-c4[c-]c(C)cc5c4oc4ccccc45)nccc3c1[Si]2(C)C.[Ir]. The van der Waals surface area contributed by atoms with Crippen LogP contribution in [-0.2, 0) is 26.5 Å². The average molecular weight is 946 g/mol. The fourth-order valence-electron chi connectivity index (χ4n) is 9.04. The van der Waals surface area contributed by atoms with Crippen molar-refractivity contribution < 1.29 is 24.5 Å². The Hall–Kier alpha value is -5.70. The smallest absolute Gasteiger partial charge is 0.194 e. The number of aryl methyl sites for hydroxylation is 3. The van der Waals surface area contributed by atoms with Crippen molar-refractivity contribution in [2.45, 2.75) is 54.1 Å². The van der Waals surface area contributed by atoms with E-state index in [0.717, 1.165) is 78.6 Å². The van der Waals surface area contributed by atoms with Gasteiger partial charge in [-0.3, -0.25) is 0 Å². The second-order valence-electron chi connectivity index (χ2n) is 16.4. The first-order chi connectivity index (χ1) is 27.5. The second kappa shape index (κ2) is 15.2. The number of pyridine rings is 2. The minimum atomic E-state index is -2.01. The van der Waals surface area contributed by atoms with Gasteiger partial charge in [-0.1, -0.05) is 131 Å². The van der Waals surface area contributed by atoms with E-state index in [-0.39, 0.29) is 20.1 Å². The van der Waals surface area contributed by atoms with E-state index in [1.807, 2.05) is 42.7 Å². The molecule has 4 heterocycles. The number of furan rings is 1. The Morgan fingerprint density at radius 1 is 0.724 bits per heavy atom. The number of aromatic nitrogens is 2. The monoisotopic (exact) mass is 946 g/mol. The van der Waals surface area contributed by atoms with Crippen molar-refractivity contribution in [1.82, 2.24) is 9.97 Å². The molecule has 0 spiro atoms. The molecule has 0 amide bonds. The van der Waals surface area contributed by atoms with Crippen molar-refractivity contribution in [3.63, 3.8) is 0 Å². The number of para-hydroxylation sites is 1. The molecule has 6 aromatic carbocycles. The van der Waals surface area contributed by atoms with Gasteiger partial charge in [-0.05, 0) is 85.3 Å². The summed E-state index contributed by atoms with van der Waals surface area (Å²) < 4.78 is 6.36.